The van der Waals surface area contributed by atoms with Gasteiger partial charge in [-0.2, -0.15) is 0 Å². The van der Waals surface area contributed by atoms with Gasteiger partial charge in [-0.15, -0.1) is 0 Å². The van der Waals surface area contributed by atoms with Crippen LogP contribution in [0.1, 0.15) is 13.3 Å². The summed E-state index contributed by atoms with van der Waals surface area (Å²) in [5, 5.41) is 4.42. The number of carbonyl (C=O) groups is 1. The minimum atomic E-state index is -3.13. The lowest BCUT2D eigenvalue weighted by Gasteiger charge is -2.05. The average Bonchev–Trinajstić information content (AvgIpc) is 3.01. The van der Waals surface area contributed by atoms with Crippen LogP contribution in [0.3, 0.4) is 0 Å². The first kappa shape index (κ1) is 15.9. The molecule has 1 aromatic carbocycles. The number of hydrogen-bond acceptors (Lipinski definition) is 6. The van der Waals surface area contributed by atoms with Gasteiger partial charge < -0.3 is 10.1 Å². The topological polar surface area (TPSA) is 85.4 Å². The number of aromatic nitrogens is 1. The van der Waals surface area contributed by atoms with Gasteiger partial charge in [0.25, 0.3) is 0 Å². The fraction of sp³-hybridized carbons (Fsp3) is 0.333. The van der Waals surface area contributed by atoms with Gasteiger partial charge in [0.05, 0.1) is 22.6 Å². The Hall–Kier alpha value is -1.93. The van der Waals surface area contributed by atoms with Crippen molar-refractivity contribution in [1.29, 1.82) is 0 Å². The van der Waals surface area contributed by atoms with E-state index in [-0.39, 0.29) is 24.0 Å². The molecule has 1 N–H and O–H groups in total. The highest BCUT2D eigenvalue weighted by Gasteiger charge is 2.24. The van der Waals surface area contributed by atoms with Crippen LogP contribution in [0.4, 0.5) is 5.13 Å². The van der Waals surface area contributed by atoms with Gasteiger partial charge in [0.15, 0.2) is 15.0 Å². The number of nitrogens with one attached hydrogen (secondary N) is 1. The van der Waals surface area contributed by atoms with Crippen molar-refractivity contribution in [3.05, 3.63) is 29.7 Å². The highest BCUT2D eigenvalue weighted by Crippen LogP contribution is 2.29. The number of hydrogen-bond donors (Lipinski definition) is 1. The number of rotatable bonds is 5. The molecule has 8 heteroatoms. The molecule has 2 heterocycles. The number of amides is 1. The summed E-state index contributed by atoms with van der Waals surface area (Å²) >= 11 is 1.36. The molecule has 0 radical (unpaired) electrons. The normalized spacial score (nSPS) is 19.1. The van der Waals surface area contributed by atoms with Crippen molar-refractivity contribution >= 4 is 42.4 Å². The van der Waals surface area contributed by atoms with E-state index in [1.807, 2.05) is 25.1 Å². The van der Waals surface area contributed by atoms with Crippen molar-refractivity contribution in [2.75, 3.05) is 17.7 Å². The van der Waals surface area contributed by atoms with E-state index >= 15 is 0 Å². The standard InChI is InChI=1S/C15H16N2O4S2/c1-2-21-11-3-4-12-13(8-11)22-15(16-12)17-14(18)7-10-5-6-23(19,20)9-10/h3-6,8,10H,2,7,9H2,1H3,(H,16,17,18). The number of ether oxygens (including phenoxy) is 1. The average molecular weight is 352 g/mol. The quantitative estimate of drug-likeness (QED) is 0.894. The predicted molar refractivity (Wildman–Crippen MR) is 90.5 cm³/mol. The number of allylic oxidation sites excluding steroid dienone is 1. The molecule has 1 aliphatic heterocycles. The minimum absolute atomic E-state index is 0.00200. The van der Waals surface area contributed by atoms with E-state index in [2.05, 4.69) is 10.3 Å². The van der Waals surface area contributed by atoms with Gasteiger partial charge in [-0.3, -0.25) is 4.79 Å². The van der Waals surface area contributed by atoms with Crippen LogP contribution in [0.5, 0.6) is 5.75 Å². The van der Waals surface area contributed by atoms with Gasteiger partial charge >= 0.3 is 0 Å². The molecule has 0 saturated carbocycles. The van der Waals surface area contributed by atoms with Crippen LogP contribution in [0.25, 0.3) is 10.2 Å². The van der Waals surface area contributed by atoms with Gasteiger partial charge in [0.1, 0.15) is 5.75 Å². The fourth-order valence-electron chi connectivity index (χ4n) is 2.39. The monoisotopic (exact) mass is 352 g/mol. The summed E-state index contributed by atoms with van der Waals surface area (Å²) in [5.74, 6) is 0.264. The van der Waals surface area contributed by atoms with E-state index < -0.39 is 9.84 Å². The molecule has 1 aliphatic rings. The van der Waals surface area contributed by atoms with Gasteiger partial charge in [-0.05, 0) is 25.1 Å². The fourth-order valence-corrected chi connectivity index (χ4v) is 4.70. The molecular formula is C15H16N2O4S2. The van der Waals surface area contributed by atoms with Gasteiger partial charge in [0, 0.05) is 17.7 Å². The van der Waals surface area contributed by atoms with E-state index in [0.717, 1.165) is 16.0 Å². The molecule has 0 aliphatic carbocycles. The maximum Gasteiger partial charge on any atom is 0.226 e. The van der Waals surface area contributed by atoms with Crippen molar-refractivity contribution in [3.63, 3.8) is 0 Å². The summed E-state index contributed by atoms with van der Waals surface area (Å²) in [6.07, 6.45) is 1.71. The second kappa shape index (κ2) is 6.29. The lowest BCUT2D eigenvalue weighted by atomic mass is 10.1. The van der Waals surface area contributed by atoms with E-state index in [1.54, 1.807) is 6.08 Å². The number of nitrogens with zero attached hydrogens (tertiary/aromatic N) is 1. The molecule has 0 spiro atoms. The van der Waals surface area contributed by atoms with E-state index in [0.29, 0.717) is 11.7 Å². The van der Waals surface area contributed by atoms with Crippen LogP contribution < -0.4 is 10.1 Å². The molecule has 23 heavy (non-hydrogen) atoms. The third kappa shape index (κ3) is 3.89. The van der Waals surface area contributed by atoms with Crippen LogP contribution in [-0.4, -0.2) is 31.7 Å². The second-order valence-corrected chi connectivity index (χ2v) is 8.21. The van der Waals surface area contributed by atoms with Crippen LogP contribution in [0, 0.1) is 5.92 Å². The Kier molecular flexibility index (Phi) is 4.36. The lowest BCUT2D eigenvalue weighted by molar-refractivity contribution is -0.116. The molecule has 1 atom stereocenters. The largest absolute Gasteiger partial charge is 0.494 e. The highest BCUT2D eigenvalue weighted by atomic mass is 32.2. The Bertz CT molecular complexity index is 871. The third-order valence-corrected chi connectivity index (χ3v) is 5.77. The zero-order valence-electron chi connectivity index (χ0n) is 12.5. The Morgan fingerprint density at radius 3 is 3.00 bits per heavy atom. The highest BCUT2D eigenvalue weighted by molar-refractivity contribution is 7.94. The molecule has 0 saturated heterocycles. The molecule has 1 unspecified atom stereocenters. The number of sulfone groups is 1. The summed E-state index contributed by atoms with van der Waals surface area (Å²) < 4.78 is 29.1. The number of carbonyl (C=O) groups excluding carboxylic acids is 1. The molecule has 122 valence electrons. The molecule has 1 aromatic heterocycles. The SMILES string of the molecule is CCOc1ccc2nc(NC(=O)CC3C=CS(=O)(=O)C3)sc2c1. The Labute approximate surface area is 138 Å². The number of benzene rings is 1. The van der Waals surface area contributed by atoms with Crippen molar-refractivity contribution in [2.24, 2.45) is 5.92 Å². The molecule has 2 aromatic rings. The first-order chi connectivity index (χ1) is 10.9. The number of thiazole rings is 1. The van der Waals surface area contributed by atoms with Crippen molar-refractivity contribution in [3.8, 4) is 5.75 Å². The first-order valence-electron chi connectivity index (χ1n) is 7.19. The Balaban J connectivity index is 1.66. The maximum atomic E-state index is 12.0. The Morgan fingerprint density at radius 2 is 2.30 bits per heavy atom. The summed E-state index contributed by atoms with van der Waals surface area (Å²) in [6.45, 7) is 2.51. The van der Waals surface area contributed by atoms with Crippen molar-refractivity contribution < 1.29 is 17.9 Å². The lowest BCUT2D eigenvalue weighted by Crippen LogP contribution is -2.17. The number of anilines is 1. The predicted octanol–water partition coefficient (Wildman–Crippen LogP) is 2.58. The first-order valence-corrected chi connectivity index (χ1v) is 9.72. The third-order valence-electron chi connectivity index (χ3n) is 3.37. The van der Waals surface area contributed by atoms with E-state index in [4.69, 9.17) is 4.74 Å². The molecule has 0 fully saturated rings. The van der Waals surface area contributed by atoms with Crippen LogP contribution in [0.15, 0.2) is 29.7 Å². The summed E-state index contributed by atoms with van der Waals surface area (Å²) in [6, 6.07) is 5.57. The maximum absolute atomic E-state index is 12.0. The van der Waals surface area contributed by atoms with Crippen molar-refractivity contribution in [2.45, 2.75) is 13.3 Å². The van der Waals surface area contributed by atoms with Gasteiger partial charge in [0.2, 0.25) is 5.91 Å². The van der Waals surface area contributed by atoms with Gasteiger partial charge in [-0.25, -0.2) is 13.4 Å². The molecule has 0 bridgehead atoms. The zero-order valence-corrected chi connectivity index (χ0v) is 14.1. The van der Waals surface area contributed by atoms with Gasteiger partial charge in [-0.1, -0.05) is 17.4 Å². The van der Waals surface area contributed by atoms with E-state index in [1.165, 1.54) is 16.7 Å². The Morgan fingerprint density at radius 1 is 1.48 bits per heavy atom. The molecule has 3 rings (SSSR count). The molecule has 1 amide bonds. The minimum Gasteiger partial charge on any atom is -0.494 e. The van der Waals surface area contributed by atoms with E-state index in [9.17, 15) is 13.2 Å². The molecule has 6 nitrogen and oxygen atoms in total. The summed E-state index contributed by atoms with van der Waals surface area (Å²) in [4.78, 5) is 16.4. The smallest absolute Gasteiger partial charge is 0.226 e. The summed E-state index contributed by atoms with van der Waals surface area (Å²) in [5.41, 5.74) is 0.789. The summed E-state index contributed by atoms with van der Waals surface area (Å²) in [7, 11) is -3.13. The van der Waals surface area contributed by atoms with Crippen LogP contribution in [-0.2, 0) is 14.6 Å². The number of fused-ring (bicyclic) bond motifs is 1. The van der Waals surface area contributed by atoms with Crippen molar-refractivity contribution in [1.82, 2.24) is 4.98 Å². The van der Waals surface area contributed by atoms with Crippen LogP contribution in [0.2, 0.25) is 0 Å². The second-order valence-electron chi connectivity index (χ2n) is 5.25. The van der Waals surface area contributed by atoms with Crippen LogP contribution >= 0.6 is 11.3 Å². The molecular weight excluding hydrogens is 336 g/mol. The zero-order chi connectivity index (χ0) is 16.4.